The second-order valence-corrected chi connectivity index (χ2v) is 5.37. The fraction of sp³-hybridized carbons (Fsp3) is 0.278. The third-order valence-corrected chi connectivity index (χ3v) is 3.73. The normalized spacial score (nSPS) is 12.7. The topological polar surface area (TPSA) is 49.3 Å². The average Bonchev–Trinajstić information content (AvgIpc) is 2.58. The van der Waals surface area contributed by atoms with Crippen LogP contribution < -0.4 is 5.32 Å². The maximum atomic E-state index is 13.0. The van der Waals surface area contributed by atoms with E-state index in [4.69, 9.17) is 5.11 Å². The second kappa shape index (κ2) is 7.97. The van der Waals surface area contributed by atoms with E-state index < -0.39 is 23.2 Å². The van der Waals surface area contributed by atoms with Gasteiger partial charge < -0.3 is 10.4 Å². The SMILES string of the molecule is O=C(NCC(CCO)c1ccccc1)c1ccccc1C(F)(F)F. The maximum Gasteiger partial charge on any atom is 0.417 e. The second-order valence-electron chi connectivity index (χ2n) is 5.37. The summed E-state index contributed by atoms with van der Waals surface area (Å²) >= 11 is 0. The number of nitrogens with one attached hydrogen (secondary N) is 1. The quantitative estimate of drug-likeness (QED) is 0.846. The van der Waals surface area contributed by atoms with Crippen molar-refractivity contribution in [3.63, 3.8) is 0 Å². The molecule has 0 radical (unpaired) electrons. The molecule has 128 valence electrons. The van der Waals surface area contributed by atoms with E-state index in [2.05, 4.69) is 5.32 Å². The molecule has 1 unspecified atom stereocenters. The first-order chi connectivity index (χ1) is 11.4. The van der Waals surface area contributed by atoms with Crippen LogP contribution in [0.15, 0.2) is 54.6 Å². The minimum Gasteiger partial charge on any atom is -0.396 e. The number of halogens is 3. The van der Waals surface area contributed by atoms with Gasteiger partial charge >= 0.3 is 6.18 Å². The summed E-state index contributed by atoms with van der Waals surface area (Å²) in [6, 6.07) is 13.9. The average molecular weight is 337 g/mol. The van der Waals surface area contributed by atoms with Gasteiger partial charge in [0.05, 0.1) is 11.1 Å². The number of aliphatic hydroxyl groups excluding tert-OH is 1. The highest BCUT2D eigenvalue weighted by atomic mass is 19.4. The standard InChI is InChI=1S/C18H18F3NO2/c19-18(20,21)16-9-5-4-8-15(16)17(24)22-12-14(10-11-23)13-6-2-1-3-7-13/h1-9,14,23H,10-12H2,(H,22,24). The van der Waals surface area contributed by atoms with Crippen LogP contribution in [0.5, 0.6) is 0 Å². The zero-order valence-corrected chi connectivity index (χ0v) is 12.9. The molecular weight excluding hydrogens is 319 g/mol. The van der Waals surface area contributed by atoms with Crippen molar-refractivity contribution in [1.82, 2.24) is 5.32 Å². The number of hydrogen-bond donors (Lipinski definition) is 2. The van der Waals surface area contributed by atoms with Crippen molar-refractivity contribution in [2.24, 2.45) is 0 Å². The van der Waals surface area contributed by atoms with Crippen LogP contribution in [0.2, 0.25) is 0 Å². The molecule has 2 aromatic carbocycles. The molecule has 2 rings (SSSR count). The van der Waals surface area contributed by atoms with Crippen LogP contribution in [0.1, 0.15) is 33.8 Å². The van der Waals surface area contributed by atoms with Crippen molar-refractivity contribution in [3.8, 4) is 0 Å². The Morgan fingerprint density at radius 2 is 1.67 bits per heavy atom. The van der Waals surface area contributed by atoms with Gasteiger partial charge in [-0.3, -0.25) is 4.79 Å². The van der Waals surface area contributed by atoms with Gasteiger partial charge in [-0.1, -0.05) is 42.5 Å². The number of rotatable bonds is 6. The zero-order valence-electron chi connectivity index (χ0n) is 12.9. The monoisotopic (exact) mass is 337 g/mol. The molecule has 0 aliphatic carbocycles. The minimum absolute atomic E-state index is 0.0748. The Hall–Kier alpha value is -2.34. The molecular formula is C18H18F3NO2. The van der Waals surface area contributed by atoms with E-state index in [0.717, 1.165) is 17.7 Å². The van der Waals surface area contributed by atoms with Crippen molar-refractivity contribution < 1.29 is 23.1 Å². The number of carbonyl (C=O) groups is 1. The summed E-state index contributed by atoms with van der Waals surface area (Å²) in [5, 5.41) is 11.7. The third kappa shape index (κ3) is 4.58. The molecule has 24 heavy (non-hydrogen) atoms. The van der Waals surface area contributed by atoms with Crippen LogP contribution in [0.4, 0.5) is 13.2 Å². The highest BCUT2D eigenvalue weighted by molar-refractivity contribution is 5.95. The molecule has 0 heterocycles. The van der Waals surface area contributed by atoms with Crippen LogP contribution >= 0.6 is 0 Å². The maximum absolute atomic E-state index is 13.0. The van der Waals surface area contributed by atoms with Crippen molar-refractivity contribution in [2.45, 2.75) is 18.5 Å². The van der Waals surface area contributed by atoms with Crippen molar-refractivity contribution in [1.29, 1.82) is 0 Å². The van der Waals surface area contributed by atoms with Crippen molar-refractivity contribution in [2.75, 3.05) is 13.2 Å². The third-order valence-electron chi connectivity index (χ3n) is 3.73. The van der Waals surface area contributed by atoms with E-state index >= 15 is 0 Å². The van der Waals surface area contributed by atoms with E-state index in [1.807, 2.05) is 30.3 Å². The van der Waals surface area contributed by atoms with Gasteiger partial charge in [0.1, 0.15) is 0 Å². The number of benzene rings is 2. The largest absolute Gasteiger partial charge is 0.417 e. The van der Waals surface area contributed by atoms with E-state index in [1.54, 1.807) is 0 Å². The summed E-state index contributed by atoms with van der Waals surface area (Å²) in [6.07, 6.45) is -4.18. The van der Waals surface area contributed by atoms with Gasteiger partial charge in [-0.25, -0.2) is 0 Å². The molecule has 0 spiro atoms. The van der Waals surface area contributed by atoms with Crippen LogP contribution in [-0.2, 0) is 6.18 Å². The number of aliphatic hydroxyl groups is 1. The molecule has 0 fully saturated rings. The van der Waals surface area contributed by atoms with E-state index in [-0.39, 0.29) is 19.1 Å². The van der Waals surface area contributed by atoms with Crippen molar-refractivity contribution in [3.05, 3.63) is 71.3 Å². The molecule has 1 amide bonds. The molecule has 0 saturated heterocycles. The lowest BCUT2D eigenvalue weighted by molar-refractivity contribution is -0.137. The summed E-state index contributed by atoms with van der Waals surface area (Å²) in [5.41, 5.74) is -0.447. The first kappa shape index (κ1) is 18.0. The molecule has 6 heteroatoms. The molecule has 3 nitrogen and oxygen atoms in total. The van der Waals surface area contributed by atoms with Gasteiger partial charge in [0.25, 0.3) is 5.91 Å². The first-order valence-electron chi connectivity index (χ1n) is 7.53. The Balaban J connectivity index is 2.12. The van der Waals surface area contributed by atoms with Crippen LogP contribution in [0.25, 0.3) is 0 Å². The van der Waals surface area contributed by atoms with Gasteiger partial charge in [-0.05, 0) is 24.1 Å². The summed E-state index contributed by atoms with van der Waals surface area (Å²) in [4.78, 5) is 12.2. The first-order valence-corrected chi connectivity index (χ1v) is 7.53. The number of alkyl halides is 3. The van der Waals surface area contributed by atoms with Gasteiger partial charge in [-0.15, -0.1) is 0 Å². The van der Waals surface area contributed by atoms with E-state index in [9.17, 15) is 18.0 Å². The summed E-state index contributed by atoms with van der Waals surface area (Å²) < 4.78 is 38.9. The molecule has 2 aromatic rings. The number of hydrogen-bond acceptors (Lipinski definition) is 2. The lowest BCUT2D eigenvalue weighted by atomic mass is 9.96. The van der Waals surface area contributed by atoms with Crippen LogP contribution in [0.3, 0.4) is 0 Å². The molecule has 0 saturated carbocycles. The molecule has 0 aliphatic heterocycles. The zero-order chi connectivity index (χ0) is 17.6. The number of amides is 1. The fourth-order valence-corrected chi connectivity index (χ4v) is 2.51. The van der Waals surface area contributed by atoms with Crippen LogP contribution in [-0.4, -0.2) is 24.2 Å². The van der Waals surface area contributed by atoms with E-state index in [1.165, 1.54) is 12.1 Å². The predicted molar refractivity (Wildman–Crippen MR) is 84.7 cm³/mol. The molecule has 1 atom stereocenters. The highest BCUT2D eigenvalue weighted by Gasteiger charge is 2.34. The minimum atomic E-state index is -4.59. The fourth-order valence-electron chi connectivity index (χ4n) is 2.51. The lowest BCUT2D eigenvalue weighted by Gasteiger charge is -2.18. The van der Waals surface area contributed by atoms with Crippen LogP contribution in [0, 0.1) is 0 Å². The lowest BCUT2D eigenvalue weighted by Crippen LogP contribution is -2.30. The summed E-state index contributed by atoms with van der Waals surface area (Å²) in [6.45, 7) is 0.0736. The molecule has 2 N–H and O–H groups in total. The predicted octanol–water partition coefficient (Wildman–Crippen LogP) is 3.60. The van der Waals surface area contributed by atoms with Crippen molar-refractivity contribution >= 4 is 5.91 Å². The Bertz CT molecular complexity index is 671. The Labute approximate surface area is 138 Å². The van der Waals surface area contributed by atoms with Gasteiger partial charge in [0, 0.05) is 19.1 Å². The van der Waals surface area contributed by atoms with Gasteiger partial charge in [0.15, 0.2) is 0 Å². The smallest absolute Gasteiger partial charge is 0.396 e. The Morgan fingerprint density at radius 3 is 2.29 bits per heavy atom. The summed E-state index contributed by atoms with van der Waals surface area (Å²) in [7, 11) is 0. The Morgan fingerprint density at radius 1 is 1.04 bits per heavy atom. The van der Waals surface area contributed by atoms with Gasteiger partial charge in [-0.2, -0.15) is 13.2 Å². The van der Waals surface area contributed by atoms with E-state index in [0.29, 0.717) is 6.42 Å². The highest BCUT2D eigenvalue weighted by Crippen LogP contribution is 2.31. The molecule has 0 aliphatic rings. The number of carbonyl (C=O) groups excluding carboxylic acids is 1. The van der Waals surface area contributed by atoms with Gasteiger partial charge in [0.2, 0.25) is 0 Å². The molecule has 0 aromatic heterocycles. The Kier molecular flexibility index (Phi) is 5.98. The summed E-state index contributed by atoms with van der Waals surface area (Å²) in [5.74, 6) is -0.944. The molecule has 0 bridgehead atoms.